The summed E-state index contributed by atoms with van der Waals surface area (Å²) in [5, 5.41) is 14.2. The molecule has 1 amide bonds. The molecule has 114 valence electrons. The Hall–Kier alpha value is -2.15. The van der Waals surface area contributed by atoms with Crippen molar-refractivity contribution in [3.8, 4) is 5.75 Å². The van der Waals surface area contributed by atoms with Gasteiger partial charge in [0.2, 0.25) is 5.91 Å². The van der Waals surface area contributed by atoms with Crippen molar-refractivity contribution >= 4 is 11.6 Å². The van der Waals surface area contributed by atoms with Crippen molar-refractivity contribution in [2.45, 2.75) is 38.3 Å². The molecule has 1 aromatic rings. The van der Waals surface area contributed by atoms with E-state index in [0.29, 0.717) is 18.0 Å². The molecule has 0 bridgehead atoms. The summed E-state index contributed by atoms with van der Waals surface area (Å²) in [4.78, 5) is 21.9. The number of amides is 1. The second kappa shape index (κ2) is 6.53. The van der Waals surface area contributed by atoms with Gasteiger partial charge in [0.1, 0.15) is 0 Å². The summed E-state index contributed by atoms with van der Waals surface area (Å²) in [6, 6.07) is 4.81. The molecule has 0 aliphatic heterocycles. The van der Waals surface area contributed by atoms with Crippen LogP contribution >= 0.6 is 0 Å². The third-order valence-electron chi connectivity index (χ3n) is 3.41. The third-order valence-corrected chi connectivity index (χ3v) is 3.41. The average Bonchev–Trinajstić information content (AvgIpc) is 3.21. The molecule has 1 unspecified atom stereocenters. The zero-order valence-electron chi connectivity index (χ0n) is 11.9. The van der Waals surface area contributed by atoms with Crippen LogP contribution in [0.25, 0.3) is 0 Å². The summed E-state index contributed by atoms with van der Waals surface area (Å²) >= 11 is 0. The van der Waals surface area contributed by atoms with Gasteiger partial charge in [-0.05, 0) is 25.8 Å². The molecular formula is C14H19N3O4. The molecule has 1 fully saturated rings. The van der Waals surface area contributed by atoms with E-state index >= 15 is 0 Å². The second-order valence-electron chi connectivity index (χ2n) is 5.21. The van der Waals surface area contributed by atoms with E-state index in [1.54, 1.807) is 25.1 Å². The molecule has 0 radical (unpaired) electrons. The number of nitrogens with zero attached hydrogens (tertiary/aromatic N) is 1. The number of nitro benzene ring substituents is 1. The van der Waals surface area contributed by atoms with Crippen LogP contribution in [0.2, 0.25) is 0 Å². The molecule has 2 rings (SSSR count). The Morgan fingerprint density at radius 1 is 1.57 bits per heavy atom. The topological polar surface area (TPSA) is 107 Å². The highest BCUT2D eigenvalue weighted by Gasteiger charge is 2.27. The van der Waals surface area contributed by atoms with Crippen LogP contribution in [-0.2, 0) is 4.79 Å². The van der Waals surface area contributed by atoms with E-state index < -0.39 is 16.9 Å². The maximum absolute atomic E-state index is 11.3. The van der Waals surface area contributed by atoms with Gasteiger partial charge in [-0.3, -0.25) is 14.9 Å². The number of para-hydroxylation sites is 1. The van der Waals surface area contributed by atoms with Crippen LogP contribution in [-0.4, -0.2) is 29.5 Å². The molecule has 0 saturated heterocycles. The van der Waals surface area contributed by atoms with E-state index in [2.05, 4.69) is 5.32 Å². The molecule has 1 aliphatic rings. The summed E-state index contributed by atoms with van der Waals surface area (Å²) < 4.78 is 5.47. The molecule has 0 spiro atoms. The van der Waals surface area contributed by atoms with Crippen molar-refractivity contribution in [2.75, 3.05) is 6.61 Å². The maximum atomic E-state index is 11.3. The largest absolute Gasteiger partial charge is 0.487 e. The van der Waals surface area contributed by atoms with Crippen molar-refractivity contribution in [3.05, 3.63) is 33.9 Å². The van der Waals surface area contributed by atoms with Gasteiger partial charge in [0.15, 0.2) is 5.75 Å². The molecule has 7 heteroatoms. The number of nitrogens with two attached hydrogens (primary N) is 1. The van der Waals surface area contributed by atoms with Crippen molar-refractivity contribution in [2.24, 2.45) is 5.73 Å². The smallest absolute Gasteiger partial charge is 0.313 e. The van der Waals surface area contributed by atoms with Crippen LogP contribution < -0.4 is 15.8 Å². The fraction of sp³-hybridized carbons (Fsp3) is 0.500. The van der Waals surface area contributed by atoms with Crippen LogP contribution in [0, 0.1) is 17.0 Å². The van der Waals surface area contributed by atoms with E-state index in [9.17, 15) is 14.9 Å². The second-order valence-corrected chi connectivity index (χ2v) is 5.21. The summed E-state index contributed by atoms with van der Waals surface area (Å²) in [7, 11) is 0. The van der Waals surface area contributed by atoms with Gasteiger partial charge in [-0.25, -0.2) is 0 Å². The van der Waals surface area contributed by atoms with Crippen LogP contribution in [0.5, 0.6) is 5.75 Å². The van der Waals surface area contributed by atoms with Crippen molar-refractivity contribution in [3.63, 3.8) is 0 Å². The first kappa shape index (κ1) is 15.2. The summed E-state index contributed by atoms with van der Waals surface area (Å²) in [6.07, 6.45) is 2.49. The van der Waals surface area contributed by atoms with Gasteiger partial charge in [-0.1, -0.05) is 12.1 Å². The summed E-state index contributed by atoms with van der Waals surface area (Å²) in [6.45, 7) is 1.85. The Kier molecular flexibility index (Phi) is 4.74. The van der Waals surface area contributed by atoms with Gasteiger partial charge >= 0.3 is 5.69 Å². The molecule has 0 aromatic heterocycles. The third kappa shape index (κ3) is 4.16. The maximum Gasteiger partial charge on any atom is 0.313 e. The lowest BCUT2D eigenvalue weighted by atomic mass is 10.2. The SMILES string of the molecule is Cc1cccc(OCCC(NC2CC2)C(N)=O)c1[N+](=O)[O-]. The summed E-state index contributed by atoms with van der Waals surface area (Å²) in [5.74, 6) is -0.209. The number of hydrogen-bond acceptors (Lipinski definition) is 5. The first-order valence-electron chi connectivity index (χ1n) is 6.91. The van der Waals surface area contributed by atoms with Gasteiger partial charge in [0, 0.05) is 18.0 Å². The van der Waals surface area contributed by atoms with Crippen LogP contribution in [0.3, 0.4) is 0 Å². The molecule has 3 N–H and O–H groups in total. The van der Waals surface area contributed by atoms with Crippen LogP contribution in [0.4, 0.5) is 5.69 Å². The molecule has 1 aromatic carbocycles. The molecule has 1 saturated carbocycles. The van der Waals surface area contributed by atoms with E-state index in [4.69, 9.17) is 10.5 Å². The number of nitro groups is 1. The van der Waals surface area contributed by atoms with Gasteiger partial charge in [-0.2, -0.15) is 0 Å². The first-order chi connectivity index (χ1) is 9.99. The predicted octanol–water partition coefficient (Wildman–Crippen LogP) is 1.28. The van der Waals surface area contributed by atoms with E-state index in [1.165, 1.54) is 0 Å². The van der Waals surface area contributed by atoms with Gasteiger partial charge in [0.25, 0.3) is 0 Å². The Morgan fingerprint density at radius 2 is 2.29 bits per heavy atom. The highest BCUT2D eigenvalue weighted by Crippen LogP contribution is 2.30. The average molecular weight is 293 g/mol. The van der Waals surface area contributed by atoms with Gasteiger partial charge in [0.05, 0.1) is 17.6 Å². The number of benzene rings is 1. The minimum atomic E-state index is -0.460. The molecule has 7 nitrogen and oxygen atoms in total. The minimum Gasteiger partial charge on any atom is -0.487 e. The zero-order valence-corrected chi connectivity index (χ0v) is 11.9. The Morgan fingerprint density at radius 3 is 2.86 bits per heavy atom. The predicted molar refractivity (Wildman–Crippen MR) is 77.1 cm³/mol. The van der Waals surface area contributed by atoms with Crippen molar-refractivity contribution in [1.29, 1.82) is 0 Å². The fourth-order valence-electron chi connectivity index (χ4n) is 2.11. The molecule has 21 heavy (non-hydrogen) atoms. The number of carbonyl (C=O) groups excluding carboxylic acids is 1. The number of aryl methyl sites for hydroxylation is 1. The summed E-state index contributed by atoms with van der Waals surface area (Å²) in [5.41, 5.74) is 5.83. The van der Waals surface area contributed by atoms with Crippen LogP contribution in [0.15, 0.2) is 18.2 Å². The number of carbonyl (C=O) groups is 1. The number of ether oxygens (including phenoxy) is 1. The normalized spacial score (nSPS) is 15.5. The van der Waals surface area contributed by atoms with E-state index in [1.807, 2.05) is 0 Å². The highest BCUT2D eigenvalue weighted by atomic mass is 16.6. The van der Waals surface area contributed by atoms with E-state index in [-0.39, 0.29) is 18.0 Å². The molecule has 1 aliphatic carbocycles. The van der Waals surface area contributed by atoms with Crippen molar-refractivity contribution in [1.82, 2.24) is 5.32 Å². The zero-order chi connectivity index (χ0) is 15.4. The lowest BCUT2D eigenvalue weighted by Crippen LogP contribution is -2.43. The quantitative estimate of drug-likeness (QED) is 0.554. The fourth-order valence-corrected chi connectivity index (χ4v) is 2.11. The molecule has 0 heterocycles. The molecular weight excluding hydrogens is 274 g/mol. The number of primary amides is 1. The van der Waals surface area contributed by atoms with Gasteiger partial charge < -0.3 is 15.8 Å². The Balaban J connectivity index is 1.94. The van der Waals surface area contributed by atoms with E-state index in [0.717, 1.165) is 12.8 Å². The minimum absolute atomic E-state index is 0.0386. The number of hydrogen-bond donors (Lipinski definition) is 2. The van der Waals surface area contributed by atoms with Crippen molar-refractivity contribution < 1.29 is 14.5 Å². The monoisotopic (exact) mass is 293 g/mol. The highest BCUT2D eigenvalue weighted by molar-refractivity contribution is 5.79. The number of rotatable bonds is 8. The Bertz CT molecular complexity index is 543. The lowest BCUT2D eigenvalue weighted by Gasteiger charge is -2.15. The molecule has 1 atom stereocenters. The van der Waals surface area contributed by atoms with Gasteiger partial charge in [-0.15, -0.1) is 0 Å². The lowest BCUT2D eigenvalue weighted by molar-refractivity contribution is -0.386. The first-order valence-corrected chi connectivity index (χ1v) is 6.91. The number of nitrogens with one attached hydrogen (secondary N) is 1. The van der Waals surface area contributed by atoms with Crippen LogP contribution in [0.1, 0.15) is 24.8 Å². The Labute approximate surface area is 122 Å². The standard InChI is InChI=1S/C14H19N3O4/c1-9-3-2-4-12(13(9)17(19)20)21-8-7-11(14(15)18)16-10-5-6-10/h2-4,10-11,16H,5-8H2,1H3,(H2,15,18).